The van der Waals surface area contributed by atoms with Crippen molar-refractivity contribution >= 4 is 23.2 Å². The van der Waals surface area contributed by atoms with Crippen molar-refractivity contribution in [1.29, 1.82) is 0 Å². The van der Waals surface area contributed by atoms with Crippen molar-refractivity contribution in [3.63, 3.8) is 0 Å². The van der Waals surface area contributed by atoms with Crippen LogP contribution in [-0.4, -0.2) is 11.8 Å². The van der Waals surface area contributed by atoms with Gasteiger partial charge in [-0.15, -0.1) is 0 Å². The molecule has 0 aliphatic heterocycles. The minimum absolute atomic E-state index is 0.162. The normalized spacial score (nSPS) is 10.2. The average molecular weight is 310 g/mol. The monoisotopic (exact) mass is 310 g/mol. The van der Waals surface area contributed by atoms with Crippen LogP contribution in [-0.2, 0) is 11.2 Å². The van der Waals surface area contributed by atoms with E-state index in [9.17, 15) is 9.59 Å². The predicted molar refractivity (Wildman–Crippen MR) is 93.8 cm³/mol. The van der Waals surface area contributed by atoms with E-state index in [1.165, 1.54) is 25.3 Å². The lowest BCUT2D eigenvalue weighted by atomic mass is 10.1. The first-order valence-corrected chi connectivity index (χ1v) is 7.86. The Morgan fingerprint density at radius 2 is 1.70 bits per heavy atom. The number of anilines is 2. The summed E-state index contributed by atoms with van der Waals surface area (Å²) in [4.78, 5) is 23.4. The number of unbranched alkanes of at least 4 members (excludes halogenated alkanes) is 1. The Morgan fingerprint density at radius 3 is 2.35 bits per heavy atom. The second kappa shape index (κ2) is 8.13. The number of hydrogen-bond acceptors (Lipinski definition) is 2. The predicted octanol–water partition coefficient (Wildman–Crippen LogP) is 4.24. The summed E-state index contributed by atoms with van der Waals surface area (Å²) in [5, 5.41) is 5.54. The Labute approximate surface area is 136 Å². The fourth-order valence-corrected chi connectivity index (χ4v) is 2.28. The second-order valence-corrected chi connectivity index (χ2v) is 5.52. The van der Waals surface area contributed by atoms with Gasteiger partial charge in [-0.1, -0.05) is 31.5 Å². The first-order valence-electron chi connectivity index (χ1n) is 7.86. The molecule has 0 radical (unpaired) electrons. The van der Waals surface area contributed by atoms with Crippen molar-refractivity contribution in [3.8, 4) is 0 Å². The molecule has 0 atom stereocenters. The fourth-order valence-electron chi connectivity index (χ4n) is 2.28. The first kappa shape index (κ1) is 16.7. The van der Waals surface area contributed by atoms with Gasteiger partial charge in [-0.3, -0.25) is 9.59 Å². The maximum absolute atomic E-state index is 12.3. The summed E-state index contributed by atoms with van der Waals surface area (Å²) in [6.07, 6.45) is 3.40. The smallest absolute Gasteiger partial charge is 0.255 e. The topological polar surface area (TPSA) is 58.2 Å². The van der Waals surface area contributed by atoms with E-state index in [1.54, 1.807) is 24.3 Å². The van der Waals surface area contributed by atoms with E-state index in [1.807, 2.05) is 24.3 Å². The Hall–Kier alpha value is -2.62. The summed E-state index contributed by atoms with van der Waals surface area (Å²) in [7, 11) is 0. The largest absolute Gasteiger partial charge is 0.326 e. The van der Waals surface area contributed by atoms with E-state index in [0.29, 0.717) is 11.3 Å². The number of amides is 2. The third-order valence-electron chi connectivity index (χ3n) is 3.48. The van der Waals surface area contributed by atoms with Crippen molar-refractivity contribution in [2.24, 2.45) is 0 Å². The van der Waals surface area contributed by atoms with Crippen LogP contribution in [0.2, 0.25) is 0 Å². The van der Waals surface area contributed by atoms with E-state index in [2.05, 4.69) is 17.6 Å². The molecular formula is C19H22N2O2. The van der Waals surface area contributed by atoms with E-state index in [-0.39, 0.29) is 11.8 Å². The van der Waals surface area contributed by atoms with Gasteiger partial charge in [0.2, 0.25) is 5.91 Å². The van der Waals surface area contributed by atoms with Crippen LogP contribution in [0.25, 0.3) is 0 Å². The zero-order chi connectivity index (χ0) is 16.7. The minimum atomic E-state index is -0.196. The molecule has 120 valence electrons. The van der Waals surface area contributed by atoms with Gasteiger partial charge in [0.15, 0.2) is 0 Å². The van der Waals surface area contributed by atoms with Crippen LogP contribution in [0.1, 0.15) is 42.6 Å². The number of rotatable bonds is 6. The average Bonchev–Trinajstić information content (AvgIpc) is 2.54. The molecule has 0 aliphatic carbocycles. The molecule has 4 heteroatoms. The van der Waals surface area contributed by atoms with Gasteiger partial charge in [-0.05, 0) is 48.7 Å². The van der Waals surface area contributed by atoms with Gasteiger partial charge >= 0.3 is 0 Å². The van der Waals surface area contributed by atoms with E-state index < -0.39 is 0 Å². The van der Waals surface area contributed by atoms with E-state index in [0.717, 1.165) is 12.1 Å². The molecule has 23 heavy (non-hydrogen) atoms. The lowest BCUT2D eigenvalue weighted by Gasteiger charge is -2.08. The maximum Gasteiger partial charge on any atom is 0.255 e. The Bertz CT molecular complexity index is 678. The third-order valence-corrected chi connectivity index (χ3v) is 3.48. The zero-order valence-electron chi connectivity index (χ0n) is 13.6. The number of hydrogen-bond donors (Lipinski definition) is 2. The van der Waals surface area contributed by atoms with Crippen molar-refractivity contribution in [2.75, 3.05) is 10.6 Å². The summed E-state index contributed by atoms with van der Waals surface area (Å²) < 4.78 is 0. The molecule has 0 aliphatic rings. The molecule has 0 bridgehead atoms. The van der Waals surface area contributed by atoms with Crippen LogP contribution in [0.3, 0.4) is 0 Å². The number of benzene rings is 2. The fraction of sp³-hybridized carbons (Fsp3) is 0.263. The molecule has 2 aromatic carbocycles. The number of nitrogens with one attached hydrogen (secondary N) is 2. The van der Waals surface area contributed by atoms with Crippen LogP contribution in [0.4, 0.5) is 11.4 Å². The molecule has 2 aromatic rings. The molecule has 2 rings (SSSR count). The summed E-state index contributed by atoms with van der Waals surface area (Å²) in [5.41, 5.74) is 3.16. The molecule has 0 unspecified atom stereocenters. The summed E-state index contributed by atoms with van der Waals surface area (Å²) in [5.74, 6) is -0.358. The zero-order valence-corrected chi connectivity index (χ0v) is 13.6. The van der Waals surface area contributed by atoms with Crippen molar-refractivity contribution in [2.45, 2.75) is 33.1 Å². The molecule has 0 fully saturated rings. The quantitative estimate of drug-likeness (QED) is 0.838. The number of carbonyl (C=O) groups is 2. The van der Waals surface area contributed by atoms with Gasteiger partial charge in [0.25, 0.3) is 5.91 Å². The van der Waals surface area contributed by atoms with Crippen LogP contribution in [0.15, 0.2) is 48.5 Å². The standard InChI is InChI=1S/C19H22N2O2/c1-3-4-6-15-9-11-17(12-10-15)21-19(23)16-7-5-8-18(13-16)20-14(2)22/h5,7-13H,3-4,6H2,1-2H3,(H,20,22)(H,21,23). The van der Waals surface area contributed by atoms with Gasteiger partial charge in [-0.25, -0.2) is 0 Å². The molecule has 0 heterocycles. The molecule has 2 N–H and O–H groups in total. The summed E-state index contributed by atoms with van der Waals surface area (Å²) in [6, 6.07) is 14.8. The van der Waals surface area contributed by atoms with Crippen LogP contribution in [0.5, 0.6) is 0 Å². The second-order valence-electron chi connectivity index (χ2n) is 5.52. The van der Waals surface area contributed by atoms with Crippen LogP contribution >= 0.6 is 0 Å². The molecule has 0 aromatic heterocycles. The minimum Gasteiger partial charge on any atom is -0.326 e. The van der Waals surface area contributed by atoms with Crippen molar-refractivity contribution in [3.05, 3.63) is 59.7 Å². The molecule has 4 nitrogen and oxygen atoms in total. The highest BCUT2D eigenvalue weighted by Gasteiger charge is 2.07. The lowest BCUT2D eigenvalue weighted by Crippen LogP contribution is -2.13. The number of aryl methyl sites for hydroxylation is 1. The molecule has 2 amide bonds. The molecule has 0 saturated heterocycles. The highest BCUT2D eigenvalue weighted by atomic mass is 16.2. The van der Waals surface area contributed by atoms with E-state index >= 15 is 0 Å². The third kappa shape index (κ3) is 5.25. The highest BCUT2D eigenvalue weighted by molar-refractivity contribution is 6.05. The molecular weight excluding hydrogens is 288 g/mol. The Morgan fingerprint density at radius 1 is 0.957 bits per heavy atom. The summed E-state index contributed by atoms with van der Waals surface area (Å²) >= 11 is 0. The number of carbonyl (C=O) groups excluding carboxylic acids is 2. The van der Waals surface area contributed by atoms with Crippen molar-refractivity contribution < 1.29 is 9.59 Å². The van der Waals surface area contributed by atoms with Gasteiger partial charge in [-0.2, -0.15) is 0 Å². The van der Waals surface area contributed by atoms with E-state index in [4.69, 9.17) is 0 Å². The highest BCUT2D eigenvalue weighted by Crippen LogP contribution is 2.15. The van der Waals surface area contributed by atoms with Crippen LogP contribution < -0.4 is 10.6 Å². The first-order chi connectivity index (χ1) is 11.1. The van der Waals surface area contributed by atoms with Gasteiger partial charge in [0, 0.05) is 23.9 Å². The van der Waals surface area contributed by atoms with Gasteiger partial charge in [0.1, 0.15) is 0 Å². The van der Waals surface area contributed by atoms with Gasteiger partial charge in [0.05, 0.1) is 0 Å². The van der Waals surface area contributed by atoms with Crippen molar-refractivity contribution in [1.82, 2.24) is 0 Å². The maximum atomic E-state index is 12.3. The molecule has 0 saturated carbocycles. The Balaban J connectivity index is 2.02. The van der Waals surface area contributed by atoms with Crippen LogP contribution in [0, 0.1) is 0 Å². The SMILES string of the molecule is CCCCc1ccc(NC(=O)c2cccc(NC(C)=O)c2)cc1. The summed E-state index contributed by atoms with van der Waals surface area (Å²) in [6.45, 7) is 3.61. The Kier molecular flexibility index (Phi) is 5.92. The lowest BCUT2D eigenvalue weighted by molar-refractivity contribution is -0.114. The van der Waals surface area contributed by atoms with Gasteiger partial charge < -0.3 is 10.6 Å². The molecule has 0 spiro atoms.